The molecule has 0 spiro atoms. The molecule has 2 aliphatic carbocycles. The number of aliphatic hydroxyl groups is 1. The van der Waals surface area contributed by atoms with Crippen molar-refractivity contribution in [2.45, 2.75) is 49.1 Å². The minimum atomic E-state index is -0.471. The molecule has 4 nitrogen and oxygen atoms in total. The zero-order chi connectivity index (χ0) is 15.3. The summed E-state index contributed by atoms with van der Waals surface area (Å²) in [4.78, 5) is 15.9. The van der Waals surface area contributed by atoms with Crippen LogP contribution in [0.1, 0.15) is 44.3 Å². The molecule has 2 saturated carbocycles. The summed E-state index contributed by atoms with van der Waals surface area (Å²) in [5.41, 5.74) is 0.994. The minimum absolute atomic E-state index is 0.0955. The lowest BCUT2D eigenvalue weighted by atomic mass is 10.0. The van der Waals surface area contributed by atoms with Gasteiger partial charge in [0.15, 0.2) is 0 Å². The van der Waals surface area contributed by atoms with Gasteiger partial charge in [-0.1, -0.05) is 6.07 Å². The predicted octanol–water partition coefficient (Wildman–Crippen LogP) is 3.12. The van der Waals surface area contributed by atoms with Crippen molar-refractivity contribution in [2.75, 3.05) is 0 Å². The summed E-state index contributed by atoms with van der Waals surface area (Å²) in [5, 5.41) is 11.9. The summed E-state index contributed by atoms with van der Waals surface area (Å²) >= 11 is 1.58. The average molecular weight is 316 g/mol. The second-order valence-electron chi connectivity index (χ2n) is 6.83. The highest BCUT2D eigenvalue weighted by molar-refractivity contribution is 7.97. The van der Waals surface area contributed by atoms with E-state index in [2.05, 4.69) is 16.6 Å². The number of aliphatic hydroxyl groups excluding tert-OH is 1. The fourth-order valence-corrected chi connectivity index (χ4v) is 3.59. The van der Waals surface area contributed by atoms with Gasteiger partial charge in [-0.25, -0.2) is 0 Å². The first kappa shape index (κ1) is 14.3. The minimum Gasteiger partial charge on any atom is -0.388 e. The van der Waals surface area contributed by atoms with E-state index >= 15 is 0 Å². The summed E-state index contributed by atoms with van der Waals surface area (Å²) in [6.45, 7) is 2.21. The normalized spacial score (nSPS) is 21.0. The number of aromatic amines is 1. The first-order valence-electron chi connectivity index (χ1n) is 7.83. The highest BCUT2D eigenvalue weighted by Gasteiger charge is 2.37. The van der Waals surface area contributed by atoms with Gasteiger partial charge in [0.2, 0.25) is 0 Å². The summed E-state index contributed by atoms with van der Waals surface area (Å²) in [6.07, 6.45) is 5.74. The van der Waals surface area contributed by atoms with Gasteiger partial charge in [0.25, 0.3) is 5.56 Å². The Hall–Kier alpha value is -1.30. The maximum atomic E-state index is 12.1. The molecule has 0 amide bonds. The van der Waals surface area contributed by atoms with Gasteiger partial charge in [0, 0.05) is 27.6 Å². The van der Waals surface area contributed by atoms with Crippen LogP contribution < -0.4 is 10.3 Å². The van der Waals surface area contributed by atoms with Gasteiger partial charge in [0.05, 0.1) is 6.10 Å². The molecule has 4 rings (SSSR count). The van der Waals surface area contributed by atoms with E-state index in [-0.39, 0.29) is 11.1 Å². The Balaban J connectivity index is 1.69. The van der Waals surface area contributed by atoms with Crippen LogP contribution in [0.5, 0.6) is 0 Å². The molecule has 1 atom stereocenters. The van der Waals surface area contributed by atoms with Crippen LogP contribution in [0, 0.1) is 5.92 Å². The Labute approximate surface area is 133 Å². The number of benzene rings is 1. The molecule has 22 heavy (non-hydrogen) atoms. The quantitative estimate of drug-likeness (QED) is 0.742. The monoisotopic (exact) mass is 316 g/mol. The Morgan fingerprint density at radius 3 is 2.82 bits per heavy atom. The molecule has 1 heterocycles. The van der Waals surface area contributed by atoms with Gasteiger partial charge < -0.3 is 10.1 Å². The van der Waals surface area contributed by atoms with Crippen LogP contribution in [-0.4, -0.2) is 15.6 Å². The number of rotatable bonds is 5. The third-order valence-electron chi connectivity index (χ3n) is 4.71. The van der Waals surface area contributed by atoms with E-state index in [1.807, 2.05) is 18.2 Å². The van der Waals surface area contributed by atoms with Crippen LogP contribution in [0.3, 0.4) is 0 Å². The van der Waals surface area contributed by atoms with Gasteiger partial charge in [-0.2, -0.15) is 0 Å². The van der Waals surface area contributed by atoms with Gasteiger partial charge in [-0.3, -0.25) is 9.52 Å². The molecule has 116 valence electrons. The zero-order valence-electron chi connectivity index (χ0n) is 12.6. The lowest BCUT2D eigenvalue weighted by Gasteiger charge is -2.14. The number of pyridine rings is 1. The number of aromatic nitrogens is 1. The van der Waals surface area contributed by atoms with E-state index in [1.54, 1.807) is 18.1 Å². The second kappa shape index (κ2) is 5.11. The predicted molar refractivity (Wildman–Crippen MR) is 88.9 cm³/mol. The van der Waals surface area contributed by atoms with E-state index in [9.17, 15) is 9.90 Å². The van der Waals surface area contributed by atoms with Crippen molar-refractivity contribution in [1.29, 1.82) is 0 Å². The number of hydrogen-bond donors (Lipinski definition) is 3. The Morgan fingerprint density at radius 2 is 2.14 bits per heavy atom. The van der Waals surface area contributed by atoms with Gasteiger partial charge >= 0.3 is 0 Å². The number of hydrogen-bond acceptors (Lipinski definition) is 4. The molecule has 5 heteroatoms. The molecular weight excluding hydrogens is 296 g/mol. The number of fused-ring (bicyclic) bond motifs is 1. The van der Waals surface area contributed by atoms with Gasteiger partial charge in [-0.05, 0) is 68.0 Å². The number of nitrogens with one attached hydrogen (secondary N) is 2. The topological polar surface area (TPSA) is 65.1 Å². The maximum Gasteiger partial charge on any atom is 0.255 e. The molecule has 0 radical (unpaired) electrons. The first-order valence-corrected chi connectivity index (χ1v) is 8.65. The summed E-state index contributed by atoms with van der Waals surface area (Å²) < 4.78 is 3.45. The molecule has 1 aromatic heterocycles. The smallest absolute Gasteiger partial charge is 0.255 e. The fourth-order valence-electron chi connectivity index (χ4n) is 2.71. The van der Waals surface area contributed by atoms with Crippen molar-refractivity contribution >= 4 is 22.7 Å². The van der Waals surface area contributed by atoms with Crippen molar-refractivity contribution in [2.24, 2.45) is 5.92 Å². The van der Waals surface area contributed by atoms with Crippen molar-refractivity contribution < 1.29 is 5.11 Å². The number of H-pyrrole nitrogens is 1. The molecule has 2 aromatic rings. The first-order chi connectivity index (χ1) is 10.6. The van der Waals surface area contributed by atoms with Gasteiger partial charge in [-0.15, -0.1) is 0 Å². The molecule has 0 saturated heterocycles. The molecular formula is C17H20N2O2S. The zero-order valence-corrected chi connectivity index (χ0v) is 13.4. The van der Waals surface area contributed by atoms with Crippen LogP contribution in [0.4, 0.5) is 0 Å². The van der Waals surface area contributed by atoms with Crippen LogP contribution in [0.15, 0.2) is 34.1 Å². The van der Waals surface area contributed by atoms with Crippen molar-refractivity contribution in [3.63, 3.8) is 0 Å². The molecule has 1 aromatic carbocycles. The third kappa shape index (κ3) is 2.69. The second-order valence-corrected chi connectivity index (χ2v) is 7.71. The molecule has 2 aliphatic rings. The summed E-state index contributed by atoms with van der Waals surface area (Å²) in [7, 11) is 0. The third-order valence-corrected chi connectivity index (χ3v) is 5.79. The highest BCUT2D eigenvalue weighted by Crippen LogP contribution is 2.42. The molecule has 2 fully saturated rings. The van der Waals surface area contributed by atoms with Crippen molar-refractivity contribution in [1.82, 2.24) is 9.71 Å². The fraction of sp³-hybridized carbons (Fsp3) is 0.471. The summed E-state index contributed by atoms with van der Waals surface area (Å²) in [5.74, 6) is 0.347. The van der Waals surface area contributed by atoms with Crippen LogP contribution >= 0.6 is 11.9 Å². The summed E-state index contributed by atoms with van der Waals surface area (Å²) in [6, 6.07) is 5.90. The lowest BCUT2D eigenvalue weighted by Crippen LogP contribution is -2.19. The van der Waals surface area contributed by atoms with E-state index in [4.69, 9.17) is 0 Å². The van der Waals surface area contributed by atoms with E-state index in [0.29, 0.717) is 11.3 Å². The van der Waals surface area contributed by atoms with Crippen LogP contribution in [0.25, 0.3) is 10.8 Å². The largest absolute Gasteiger partial charge is 0.388 e. The lowest BCUT2D eigenvalue weighted by molar-refractivity contribution is 0.155. The van der Waals surface area contributed by atoms with E-state index < -0.39 is 6.10 Å². The Morgan fingerprint density at radius 1 is 1.36 bits per heavy atom. The van der Waals surface area contributed by atoms with Crippen LogP contribution in [0.2, 0.25) is 0 Å². The standard InChI is InChI=1S/C17H20N2O2S/c1-17(6-7-17)19-22-11-4-5-12-13(8-11)16(21)18-9-14(12)15(20)10-2-3-10/h4-5,8-10,15,19-20H,2-3,6-7H2,1H3,(H,18,21). The van der Waals surface area contributed by atoms with E-state index in [1.165, 1.54) is 12.8 Å². The highest BCUT2D eigenvalue weighted by atomic mass is 32.2. The maximum absolute atomic E-state index is 12.1. The Kier molecular flexibility index (Phi) is 3.33. The average Bonchev–Trinajstić information content (AvgIpc) is 3.42. The molecule has 0 bridgehead atoms. The van der Waals surface area contributed by atoms with Crippen LogP contribution in [-0.2, 0) is 0 Å². The van der Waals surface area contributed by atoms with Gasteiger partial charge in [0.1, 0.15) is 0 Å². The Bertz CT molecular complexity index is 778. The van der Waals surface area contributed by atoms with Crippen molar-refractivity contribution in [3.8, 4) is 0 Å². The SMILES string of the molecule is CC1(NSc2ccc3c(C(O)C4CC4)c[nH]c(=O)c3c2)CC1. The molecule has 0 aliphatic heterocycles. The molecule has 1 unspecified atom stereocenters. The molecule has 3 N–H and O–H groups in total. The van der Waals surface area contributed by atoms with E-state index in [0.717, 1.165) is 28.7 Å². The van der Waals surface area contributed by atoms with Crippen molar-refractivity contribution in [3.05, 3.63) is 40.3 Å².